The molecular formula is C32H34O. The van der Waals surface area contributed by atoms with Crippen molar-refractivity contribution in [3.05, 3.63) is 103 Å². The molecule has 33 heavy (non-hydrogen) atoms. The summed E-state index contributed by atoms with van der Waals surface area (Å²) in [5, 5.41) is 2.64. The Hall–Kier alpha value is -3.32. The van der Waals surface area contributed by atoms with Crippen molar-refractivity contribution in [3.63, 3.8) is 0 Å². The molecule has 4 aromatic carbocycles. The van der Waals surface area contributed by atoms with Gasteiger partial charge in [-0.3, -0.25) is 0 Å². The zero-order valence-electron chi connectivity index (χ0n) is 19.7. The van der Waals surface area contributed by atoms with Crippen LogP contribution in [0.3, 0.4) is 0 Å². The number of hydrogen-bond acceptors (Lipinski definition) is 1. The second-order valence-electron chi connectivity index (χ2n) is 8.76. The summed E-state index contributed by atoms with van der Waals surface area (Å²) in [5.74, 6) is 0.867. The van der Waals surface area contributed by atoms with Crippen molar-refractivity contribution in [1.82, 2.24) is 0 Å². The van der Waals surface area contributed by atoms with E-state index in [4.69, 9.17) is 4.74 Å². The lowest BCUT2D eigenvalue weighted by Crippen LogP contribution is -1.92. The fraction of sp³-hybridized carbons (Fsp3) is 0.250. The molecule has 0 atom stereocenters. The minimum atomic E-state index is 0.528. The molecule has 0 aliphatic rings. The summed E-state index contributed by atoms with van der Waals surface area (Å²) in [4.78, 5) is 0. The monoisotopic (exact) mass is 434 g/mol. The van der Waals surface area contributed by atoms with Crippen molar-refractivity contribution in [2.45, 2.75) is 45.4 Å². The molecule has 0 unspecified atom stereocenters. The highest BCUT2D eigenvalue weighted by Gasteiger charge is 2.04. The smallest absolute Gasteiger partial charge is 0.119 e. The molecule has 0 saturated carbocycles. The van der Waals surface area contributed by atoms with Crippen LogP contribution in [0.1, 0.15) is 44.6 Å². The van der Waals surface area contributed by atoms with Gasteiger partial charge in [0.15, 0.2) is 0 Å². The van der Waals surface area contributed by atoms with Gasteiger partial charge in [0, 0.05) is 0 Å². The third kappa shape index (κ3) is 6.14. The zero-order valence-corrected chi connectivity index (χ0v) is 19.7. The molecule has 4 aromatic rings. The van der Waals surface area contributed by atoms with Crippen LogP contribution in [-0.2, 0) is 6.42 Å². The maximum absolute atomic E-state index is 5.58. The standard InChI is InChI=1S/C32H34O/c1-3-5-6-7-8-9-25-10-11-31-24-30(17-16-29(31)23-25)28-14-12-26(13-15-28)27-18-20-32(21-19-27)33-22-4-2/h4,10-21,23-24H,2-3,5-9,22H2,1H3. The Kier molecular flexibility index (Phi) is 7.98. The van der Waals surface area contributed by atoms with Crippen LogP contribution in [0.25, 0.3) is 33.0 Å². The first-order valence-corrected chi connectivity index (χ1v) is 12.2. The van der Waals surface area contributed by atoms with Crippen molar-refractivity contribution in [3.8, 4) is 28.0 Å². The van der Waals surface area contributed by atoms with Crippen LogP contribution in [0.5, 0.6) is 5.75 Å². The van der Waals surface area contributed by atoms with Crippen molar-refractivity contribution in [1.29, 1.82) is 0 Å². The van der Waals surface area contributed by atoms with Crippen LogP contribution in [0.2, 0.25) is 0 Å². The highest BCUT2D eigenvalue weighted by molar-refractivity contribution is 5.88. The predicted molar refractivity (Wildman–Crippen MR) is 143 cm³/mol. The summed E-state index contributed by atoms with van der Waals surface area (Å²) in [6.07, 6.45) is 9.60. The summed E-state index contributed by atoms with van der Waals surface area (Å²) in [6, 6.07) is 30.8. The van der Waals surface area contributed by atoms with Gasteiger partial charge in [-0.25, -0.2) is 0 Å². The molecule has 0 aliphatic carbocycles. The van der Waals surface area contributed by atoms with Crippen molar-refractivity contribution < 1.29 is 4.74 Å². The molecule has 1 nitrogen and oxygen atoms in total. The van der Waals surface area contributed by atoms with Gasteiger partial charge in [0.05, 0.1) is 0 Å². The van der Waals surface area contributed by atoms with Crippen LogP contribution in [0.4, 0.5) is 0 Å². The first kappa shape index (κ1) is 22.9. The molecule has 0 bridgehead atoms. The Morgan fingerprint density at radius 2 is 1.21 bits per heavy atom. The molecule has 4 rings (SSSR count). The van der Waals surface area contributed by atoms with E-state index in [1.807, 2.05) is 12.1 Å². The van der Waals surface area contributed by atoms with E-state index in [2.05, 4.69) is 86.3 Å². The van der Waals surface area contributed by atoms with Crippen molar-refractivity contribution >= 4 is 10.8 Å². The molecule has 0 heterocycles. The van der Waals surface area contributed by atoms with Gasteiger partial charge < -0.3 is 4.74 Å². The largest absolute Gasteiger partial charge is 0.490 e. The lowest BCUT2D eigenvalue weighted by molar-refractivity contribution is 0.363. The van der Waals surface area contributed by atoms with Crippen LogP contribution in [0.15, 0.2) is 97.6 Å². The fourth-order valence-electron chi connectivity index (χ4n) is 4.32. The highest BCUT2D eigenvalue weighted by atomic mass is 16.5. The van der Waals surface area contributed by atoms with Crippen LogP contribution in [-0.4, -0.2) is 6.61 Å². The normalized spacial score (nSPS) is 10.9. The molecular weight excluding hydrogens is 400 g/mol. The van der Waals surface area contributed by atoms with Gasteiger partial charge in [0.1, 0.15) is 12.4 Å². The van der Waals surface area contributed by atoms with Gasteiger partial charge in [-0.15, -0.1) is 0 Å². The van der Waals surface area contributed by atoms with E-state index in [0.717, 1.165) is 5.75 Å². The lowest BCUT2D eigenvalue weighted by atomic mass is 9.97. The van der Waals surface area contributed by atoms with Gasteiger partial charge in [-0.2, -0.15) is 0 Å². The minimum Gasteiger partial charge on any atom is -0.490 e. The molecule has 0 aliphatic heterocycles. The van der Waals surface area contributed by atoms with Crippen LogP contribution >= 0.6 is 0 Å². The molecule has 0 N–H and O–H groups in total. The lowest BCUT2D eigenvalue weighted by Gasteiger charge is -2.09. The number of hydrogen-bond donors (Lipinski definition) is 0. The van der Waals surface area contributed by atoms with E-state index >= 15 is 0 Å². The number of ether oxygens (including phenoxy) is 1. The molecule has 0 radical (unpaired) electrons. The molecule has 0 fully saturated rings. The van der Waals surface area contributed by atoms with Gasteiger partial charge in [-0.05, 0) is 69.6 Å². The molecule has 0 aromatic heterocycles. The Morgan fingerprint density at radius 3 is 1.91 bits per heavy atom. The molecule has 0 amide bonds. The van der Waals surface area contributed by atoms with Crippen molar-refractivity contribution in [2.75, 3.05) is 6.61 Å². The summed E-state index contributed by atoms with van der Waals surface area (Å²) in [7, 11) is 0. The quantitative estimate of drug-likeness (QED) is 0.169. The Bertz CT molecular complexity index is 1170. The number of rotatable bonds is 11. The van der Waals surface area contributed by atoms with E-state index in [-0.39, 0.29) is 0 Å². The van der Waals surface area contributed by atoms with Gasteiger partial charge in [0.25, 0.3) is 0 Å². The Balaban J connectivity index is 1.43. The first-order valence-electron chi connectivity index (χ1n) is 12.2. The topological polar surface area (TPSA) is 9.23 Å². The number of unbranched alkanes of at least 4 members (excludes halogenated alkanes) is 4. The number of benzene rings is 4. The summed E-state index contributed by atoms with van der Waals surface area (Å²) >= 11 is 0. The molecule has 0 saturated heterocycles. The SMILES string of the molecule is C=CCOc1ccc(-c2ccc(-c3ccc4cc(CCCCCCC)ccc4c3)cc2)cc1. The van der Waals surface area contributed by atoms with E-state index in [1.54, 1.807) is 6.08 Å². The molecule has 168 valence electrons. The summed E-state index contributed by atoms with van der Waals surface area (Å²) in [5.41, 5.74) is 6.35. The third-order valence-corrected chi connectivity index (χ3v) is 6.25. The number of aryl methyl sites for hydroxylation is 1. The number of fused-ring (bicyclic) bond motifs is 1. The summed E-state index contributed by atoms with van der Waals surface area (Å²) < 4.78 is 5.58. The van der Waals surface area contributed by atoms with Gasteiger partial charge in [-0.1, -0.05) is 112 Å². The van der Waals surface area contributed by atoms with Crippen LogP contribution < -0.4 is 4.74 Å². The third-order valence-electron chi connectivity index (χ3n) is 6.25. The van der Waals surface area contributed by atoms with E-state index < -0.39 is 0 Å². The van der Waals surface area contributed by atoms with E-state index in [1.165, 1.54) is 77.1 Å². The van der Waals surface area contributed by atoms with Crippen molar-refractivity contribution in [2.24, 2.45) is 0 Å². The van der Waals surface area contributed by atoms with Gasteiger partial charge in [0.2, 0.25) is 0 Å². The Labute approximate surface area is 198 Å². The Morgan fingerprint density at radius 1 is 0.636 bits per heavy atom. The highest BCUT2D eigenvalue weighted by Crippen LogP contribution is 2.29. The fourth-order valence-corrected chi connectivity index (χ4v) is 4.32. The van der Waals surface area contributed by atoms with Crippen LogP contribution in [0, 0.1) is 0 Å². The maximum atomic E-state index is 5.58. The van der Waals surface area contributed by atoms with E-state index in [9.17, 15) is 0 Å². The molecule has 1 heteroatoms. The minimum absolute atomic E-state index is 0.528. The first-order chi connectivity index (χ1) is 16.3. The maximum Gasteiger partial charge on any atom is 0.119 e. The predicted octanol–water partition coefficient (Wildman–Crippen LogP) is 9.25. The average Bonchev–Trinajstić information content (AvgIpc) is 2.87. The second-order valence-corrected chi connectivity index (χ2v) is 8.76. The summed E-state index contributed by atoms with van der Waals surface area (Å²) in [6.45, 7) is 6.49. The van der Waals surface area contributed by atoms with E-state index in [0.29, 0.717) is 6.61 Å². The zero-order chi connectivity index (χ0) is 22.9. The second kappa shape index (κ2) is 11.5. The molecule has 0 spiro atoms. The van der Waals surface area contributed by atoms with Gasteiger partial charge >= 0.3 is 0 Å². The average molecular weight is 435 g/mol.